The highest BCUT2D eigenvalue weighted by Crippen LogP contribution is 2.29. The van der Waals surface area contributed by atoms with Gasteiger partial charge in [-0.25, -0.2) is 18.0 Å². The lowest BCUT2D eigenvalue weighted by atomic mass is 10.0. The van der Waals surface area contributed by atoms with E-state index in [1.54, 1.807) is 0 Å². The van der Waals surface area contributed by atoms with E-state index in [4.69, 9.17) is 43.0 Å². The normalized spacial score (nSPS) is 11.8. The van der Waals surface area contributed by atoms with Gasteiger partial charge in [-0.1, -0.05) is 90.4 Å². The Morgan fingerprint density at radius 2 is 0.827 bits per heavy atom. The van der Waals surface area contributed by atoms with Crippen molar-refractivity contribution in [2.75, 3.05) is 119 Å². The first-order valence-corrected chi connectivity index (χ1v) is 26.7. The molecule has 1 aromatic carbocycles. The molecule has 0 aliphatic heterocycles. The van der Waals surface area contributed by atoms with E-state index in [2.05, 4.69) is 17.0 Å². The van der Waals surface area contributed by atoms with Crippen molar-refractivity contribution in [2.24, 2.45) is 0 Å². The molecule has 0 bridgehead atoms. The molecule has 23 heteroatoms. The minimum absolute atomic E-state index is 0.00994. The minimum atomic E-state index is -2.36. The average molecular weight is 1090 g/mol. The van der Waals surface area contributed by atoms with Crippen LogP contribution in [0.5, 0.6) is 5.75 Å². The smallest absolute Gasteiger partial charge is 0.326 e. The number of carbonyl (C=O) groups is 5. The summed E-state index contributed by atoms with van der Waals surface area (Å²) < 4.78 is 114. The van der Waals surface area contributed by atoms with Crippen LogP contribution in [0.15, 0.2) is 0 Å². The maximum atomic E-state index is 13.6. The molecule has 0 fully saturated rings. The van der Waals surface area contributed by atoms with Crippen LogP contribution in [-0.2, 0) is 61.9 Å². The molecule has 0 spiro atoms. The van der Waals surface area contributed by atoms with E-state index < -0.39 is 65.2 Å². The Hall–Kier alpha value is -4.10. The van der Waals surface area contributed by atoms with Crippen LogP contribution in [0.1, 0.15) is 142 Å². The first kappa shape index (κ1) is 68.9. The molecule has 0 radical (unpaired) electrons. The summed E-state index contributed by atoms with van der Waals surface area (Å²) >= 11 is 0. The van der Waals surface area contributed by atoms with Crippen molar-refractivity contribution in [1.82, 2.24) is 10.2 Å². The van der Waals surface area contributed by atoms with Crippen LogP contribution in [0.25, 0.3) is 0 Å². The van der Waals surface area contributed by atoms with Crippen molar-refractivity contribution in [3.05, 3.63) is 29.1 Å². The van der Waals surface area contributed by atoms with Gasteiger partial charge in [0.1, 0.15) is 6.04 Å². The van der Waals surface area contributed by atoms with Gasteiger partial charge in [0.2, 0.25) is 46.6 Å². The summed E-state index contributed by atoms with van der Waals surface area (Å²) in [4.78, 5) is 62.4. The lowest BCUT2D eigenvalue weighted by Gasteiger charge is -2.29. The van der Waals surface area contributed by atoms with E-state index in [-0.39, 0.29) is 83.7 Å². The Morgan fingerprint density at radius 3 is 1.25 bits per heavy atom. The average Bonchev–Trinajstić information content (AvgIpc) is 3.38. The number of aliphatic carboxylic acids is 2. The molecule has 3 N–H and O–H groups in total. The van der Waals surface area contributed by atoms with Crippen molar-refractivity contribution in [1.29, 1.82) is 0 Å². The number of nitrogens with zero attached hydrogens (tertiary/aromatic N) is 1. The lowest BCUT2D eigenvalue weighted by molar-refractivity contribution is -0.151. The highest BCUT2D eigenvalue weighted by molar-refractivity contribution is 5.84. The molecule has 0 aromatic heterocycles. The monoisotopic (exact) mass is 1090 g/mol. The maximum Gasteiger partial charge on any atom is 0.326 e. The number of amides is 2. The van der Waals surface area contributed by atoms with Crippen molar-refractivity contribution in [3.8, 4) is 5.75 Å². The van der Waals surface area contributed by atoms with Crippen LogP contribution in [0.4, 0.5) is 22.0 Å². The predicted octanol–water partition coefficient (Wildman–Crippen LogP) is 8.11. The number of hydrogen-bond donors (Lipinski definition) is 3. The Bertz CT molecular complexity index is 1660. The molecule has 434 valence electrons. The van der Waals surface area contributed by atoms with Gasteiger partial charge in [-0.2, -0.15) is 8.78 Å². The third kappa shape index (κ3) is 36.5. The molecular weight excluding hydrogens is 1000 g/mol. The zero-order valence-electron chi connectivity index (χ0n) is 44.1. The standard InChI is InChI=1S/C52H85F5N2O16/c1-2-3-4-5-6-7-11-14-17-24-59(43(61)18-15-12-9-8-10-13-16-19-44(62)63)41(52(65)66)20-21-42(60)58-23-26-68-28-30-70-32-34-72-36-38-74-40-39-73-37-35-71-33-31-69-29-27-67-25-22-45(64)75-51-49(56)47(54)46(53)48(55)50(51)57/h41H,2-40H2,1H3,(H,58,60)(H,62,63)(H,65,66)/t41-/m0/s1. The molecule has 2 amide bonds. The fraction of sp³-hybridized carbons (Fsp3) is 0.788. The van der Waals surface area contributed by atoms with Crippen molar-refractivity contribution in [3.63, 3.8) is 0 Å². The molecule has 0 aliphatic carbocycles. The molecule has 0 saturated heterocycles. The van der Waals surface area contributed by atoms with Gasteiger partial charge in [-0.3, -0.25) is 19.2 Å². The zero-order valence-corrected chi connectivity index (χ0v) is 44.1. The van der Waals surface area contributed by atoms with Crippen molar-refractivity contribution in [2.45, 2.75) is 148 Å². The molecule has 0 aliphatic rings. The minimum Gasteiger partial charge on any atom is -0.481 e. The van der Waals surface area contributed by atoms with Crippen molar-refractivity contribution < 1.29 is 98.8 Å². The summed E-state index contributed by atoms with van der Waals surface area (Å²) in [6.45, 7) is 6.94. The number of carbonyl (C=O) groups excluding carboxylic acids is 3. The van der Waals surface area contributed by atoms with Crippen molar-refractivity contribution >= 4 is 29.7 Å². The first-order chi connectivity index (χ1) is 36.3. The number of rotatable bonds is 53. The first-order valence-electron chi connectivity index (χ1n) is 26.7. The topological polar surface area (TPSA) is 224 Å². The van der Waals surface area contributed by atoms with E-state index >= 15 is 0 Å². The van der Waals surface area contributed by atoms with Crippen LogP contribution < -0.4 is 10.1 Å². The van der Waals surface area contributed by atoms with Gasteiger partial charge in [-0.05, 0) is 25.7 Å². The van der Waals surface area contributed by atoms with E-state index in [1.165, 1.54) is 37.0 Å². The Morgan fingerprint density at radius 1 is 0.453 bits per heavy atom. The second-order valence-corrected chi connectivity index (χ2v) is 17.5. The number of esters is 1. The van der Waals surface area contributed by atoms with Gasteiger partial charge in [0, 0.05) is 32.4 Å². The number of ether oxygens (including phenoxy) is 9. The second kappa shape index (κ2) is 47.1. The van der Waals surface area contributed by atoms with Gasteiger partial charge in [0.15, 0.2) is 0 Å². The third-order valence-corrected chi connectivity index (χ3v) is 11.4. The van der Waals surface area contributed by atoms with E-state index in [0.717, 1.165) is 51.4 Å². The number of halogens is 5. The van der Waals surface area contributed by atoms with Gasteiger partial charge in [0.05, 0.1) is 112 Å². The van der Waals surface area contributed by atoms with Crippen LogP contribution in [0.2, 0.25) is 0 Å². The fourth-order valence-corrected chi connectivity index (χ4v) is 7.29. The molecular formula is C52H85F5N2O16. The summed E-state index contributed by atoms with van der Waals surface area (Å²) in [5, 5.41) is 21.7. The summed E-state index contributed by atoms with van der Waals surface area (Å²) in [6.07, 6.45) is 15.6. The summed E-state index contributed by atoms with van der Waals surface area (Å²) in [5.41, 5.74) is 0. The molecule has 0 saturated carbocycles. The van der Waals surface area contributed by atoms with Crippen LogP contribution in [0.3, 0.4) is 0 Å². The van der Waals surface area contributed by atoms with Crippen LogP contribution in [-0.4, -0.2) is 170 Å². The lowest BCUT2D eigenvalue weighted by Crippen LogP contribution is -2.46. The molecule has 0 unspecified atom stereocenters. The predicted molar refractivity (Wildman–Crippen MR) is 265 cm³/mol. The number of hydrogen-bond acceptors (Lipinski definition) is 14. The largest absolute Gasteiger partial charge is 0.481 e. The maximum absolute atomic E-state index is 13.6. The number of benzene rings is 1. The van der Waals surface area contributed by atoms with E-state index in [1.807, 2.05) is 0 Å². The number of nitrogens with one attached hydrogen (secondary N) is 1. The van der Waals surface area contributed by atoms with Gasteiger partial charge >= 0.3 is 17.9 Å². The van der Waals surface area contributed by atoms with Gasteiger partial charge < -0.3 is 63.1 Å². The van der Waals surface area contributed by atoms with Gasteiger partial charge in [-0.15, -0.1) is 0 Å². The number of carboxylic acids is 2. The molecule has 18 nitrogen and oxygen atoms in total. The Labute approximate surface area is 439 Å². The molecule has 75 heavy (non-hydrogen) atoms. The number of carboxylic acid groups (broad SMARTS) is 2. The molecule has 1 atom stereocenters. The van der Waals surface area contributed by atoms with Gasteiger partial charge in [0.25, 0.3) is 0 Å². The Kier molecular flexibility index (Phi) is 43.3. The molecule has 1 rings (SSSR count). The molecule has 1 aromatic rings. The summed E-state index contributed by atoms with van der Waals surface area (Å²) in [6, 6.07) is -1.09. The Balaban J connectivity index is 2.06. The van der Waals surface area contributed by atoms with Crippen LogP contribution in [0, 0.1) is 29.1 Å². The van der Waals surface area contributed by atoms with E-state index in [0.29, 0.717) is 91.9 Å². The fourth-order valence-electron chi connectivity index (χ4n) is 7.29. The van der Waals surface area contributed by atoms with Crippen LogP contribution >= 0.6 is 0 Å². The second-order valence-electron chi connectivity index (χ2n) is 17.5. The summed E-state index contributed by atoms with van der Waals surface area (Å²) in [7, 11) is 0. The quantitative estimate of drug-likeness (QED) is 0.0140. The highest BCUT2D eigenvalue weighted by Gasteiger charge is 2.30. The zero-order chi connectivity index (χ0) is 55.2. The third-order valence-electron chi connectivity index (χ3n) is 11.4. The van der Waals surface area contributed by atoms with E-state index in [9.17, 15) is 51.0 Å². The SMILES string of the molecule is CCCCCCCCCCCN(C(=O)CCCCCCCCCC(=O)O)[C@@H](CCC(=O)NCCOCCOCCOCCOCCOCCOCCOCCOCCC(=O)Oc1c(F)c(F)c(F)c(F)c1F)C(=O)O. The summed E-state index contributed by atoms with van der Waals surface area (Å²) in [5.74, 6) is -16.7. The number of unbranched alkanes of at least 4 members (excludes halogenated alkanes) is 14. The highest BCUT2D eigenvalue weighted by atomic mass is 19.2. The molecule has 0 heterocycles.